The van der Waals surface area contributed by atoms with E-state index < -0.39 is 29.1 Å². The number of hydrogen-bond donors (Lipinski definition) is 0. The van der Waals surface area contributed by atoms with Gasteiger partial charge in [0, 0.05) is 17.5 Å². The molecule has 2 atom stereocenters. The van der Waals surface area contributed by atoms with E-state index >= 15 is 0 Å². The number of carbonyl (C=O) groups excluding carboxylic acids is 1. The van der Waals surface area contributed by atoms with Crippen LogP contribution in [0.2, 0.25) is 10.0 Å². The van der Waals surface area contributed by atoms with Crippen LogP contribution in [0.5, 0.6) is 5.75 Å². The average Bonchev–Trinajstić information content (AvgIpc) is 3.05. The molecule has 2 aromatic carbocycles. The number of alkyl halides is 3. The molecular formula is C19H16Cl2F3NO3. The van der Waals surface area contributed by atoms with Crippen molar-refractivity contribution >= 4 is 29.1 Å². The minimum Gasteiger partial charge on any atom is -0.491 e. The van der Waals surface area contributed by atoms with Crippen LogP contribution in [0.25, 0.3) is 0 Å². The highest BCUT2D eigenvalue weighted by atomic mass is 35.5. The second-order valence-corrected chi connectivity index (χ2v) is 7.13. The molecule has 150 valence electrons. The van der Waals surface area contributed by atoms with Gasteiger partial charge in [-0.3, -0.25) is 4.79 Å². The molecule has 28 heavy (non-hydrogen) atoms. The fourth-order valence-electron chi connectivity index (χ4n) is 2.89. The van der Waals surface area contributed by atoms with Crippen LogP contribution in [0.15, 0.2) is 42.5 Å². The van der Waals surface area contributed by atoms with Gasteiger partial charge >= 0.3 is 6.18 Å². The van der Waals surface area contributed by atoms with Crippen LogP contribution >= 0.6 is 23.2 Å². The van der Waals surface area contributed by atoms with Gasteiger partial charge in [0.05, 0.1) is 17.1 Å². The molecule has 0 aromatic heterocycles. The predicted molar refractivity (Wildman–Crippen MR) is 98.4 cm³/mol. The molecule has 0 unspecified atom stereocenters. The number of benzene rings is 2. The van der Waals surface area contributed by atoms with Gasteiger partial charge in [-0.1, -0.05) is 29.3 Å². The third-order valence-electron chi connectivity index (χ3n) is 4.24. The monoisotopic (exact) mass is 433 g/mol. The highest BCUT2D eigenvalue weighted by Crippen LogP contribution is 2.38. The molecule has 9 heteroatoms. The Hall–Kier alpha value is -1.96. The third-order valence-corrected chi connectivity index (χ3v) is 4.82. The largest absolute Gasteiger partial charge is 0.491 e. The number of amides is 1. The van der Waals surface area contributed by atoms with Gasteiger partial charge in [-0.05, 0) is 36.4 Å². The zero-order valence-corrected chi connectivity index (χ0v) is 16.2. The third kappa shape index (κ3) is 4.71. The zero-order chi connectivity index (χ0) is 20.5. The first-order valence-corrected chi connectivity index (χ1v) is 9.08. The van der Waals surface area contributed by atoms with Crippen LogP contribution in [0, 0.1) is 0 Å². The summed E-state index contributed by atoms with van der Waals surface area (Å²) in [7, 11) is 0. The van der Waals surface area contributed by atoms with Gasteiger partial charge in [-0.2, -0.15) is 13.2 Å². The van der Waals surface area contributed by atoms with E-state index in [1.807, 2.05) is 0 Å². The first kappa shape index (κ1) is 20.8. The Morgan fingerprint density at radius 1 is 1.21 bits per heavy atom. The maximum atomic E-state index is 13.1. The van der Waals surface area contributed by atoms with Crippen molar-refractivity contribution in [2.75, 3.05) is 13.2 Å². The van der Waals surface area contributed by atoms with E-state index in [1.165, 1.54) is 17.9 Å². The van der Waals surface area contributed by atoms with Crippen LogP contribution in [-0.4, -0.2) is 30.1 Å². The van der Waals surface area contributed by atoms with Gasteiger partial charge in [0.2, 0.25) is 5.91 Å². The Labute approximate surface area is 169 Å². The number of halogens is 5. The fourth-order valence-corrected chi connectivity index (χ4v) is 3.24. The molecule has 1 saturated heterocycles. The second-order valence-electron chi connectivity index (χ2n) is 6.28. The Morgan fingerprint density at radius 2 is 1.89 bits per heavy atom. The van der Waals surface area contributed by atoms with Crippen LogP contribution in [-0.2, 0) is 15.7 Å². The SMILES string of the molecule is CC(=O)N1C[C@H](COc2ccc(Cl)cc2)O[C@@H]1c1ccc(Cl)c(C(F)(F)F)c1. The van der Waals surface area contributed by atoms with Gasteiger partial charge in [-0.15, -0.1) is 0 Å². The highest BCUT2D eigenvalue weighted by Gasteiger charge is 2.39. The predicted octanol–water partition coefficient (Wildman–Crippen LogP) is 5.34. The van der Waals surface area contributed by atoms with E-state index in [2.05, 4.69) is 0 Å². The van der Waals surface area contributed by atoms with E-state index in [4.69, 9.17) is 32.7 Å². The summed E-state index contributed by atoms with van der Waals surface area (Å²) in [6.45, 7) is 1.65. The summed E-state index contributed by atoms with van der Waals surface area (Å²) >= 11 is 11.5. The molecular weight excluding hydrogens is 418 g/mol. The lowest BCUT2D eigenvalue weighted by Crippen LogP contribution is -2.30. The van der Waals surface area contributed by atoms with Gasteiger partial charge < -0.3 is 14.4 Å². The molecule has 0 aliphatic carbocycles. The van der Waals surface area contributed by atoms with Crippen molar-refractivity contribution < 1.29 is 27.4 Å². The fraction of sp³-hybridized carbons (Fsp3) is 0.316. The van der Waals surface area contributed by atoms with Crippen molar-refractivity contribution in [2.45, 2.75) is 25.4 Å². The number of rotatable bonds is 4. The number of hydrogen-bond acceptors (Lipinski definition) is 3. The molecule has 2 aromatic rings. The highest BCUT2D eigenvalue weighted by molar-refractivity contribution is 6.31. The lowest BCUT2D eigenvalue weighted by molar-refractivity contribution is -0.137. The van der Waals surface area contributed by atoms with Gasteiger partial charge in [0.1, 0.15) is 18.5 Å². The van der Waals surface area contributed by atoms with Gasteiger partial charge in [-0.25, -0.2) is 0 Å². The quantitative estimate of drug-likeness (QED) is 0.653. The molecule has 1 fully saturated rings. The van der Waals surface area contributed by atoms with Crippen LogP contribution in [0.3, 0.4) is 0 Å². The van der Waals surface area contributed by atoms with Crippen molar-refractivity contribution in [3.8, 4) is 5.75 Å². The zero-order valence-electron chi connectivity index (χ0n) is 14.7. The normalized spacial score (nSPS) is 19.7. The molecule has 1 amide bonds. The van der Waals surface area contributed by atoms with Crippen molar-refractivity contribution in [2.24, 2.45) is 0 Å². The van der Waals surface area contributed by atoms with Gasteiger partial charge in [0.15, 0.2) is 6.23 Å². The van der Waals surface area contributed by atoms with Crippen molar-refractivity contribution in [1.29, 1.82) is 0 Å². The number of carbonyl (C=O) groups is 1. The van der Waals surface area contributed by atoms with E-state index in [-0.39, 0.29) is 24.6 Å². The topological polar surface area (TPSA) is 38.8 Å². The maximum Gasteiger partial charge on any atom is 0.417 e. The molecule has 0 radical (unpaired) electrons. The Kier molecular flexibility index (Phi) is 6.07. The first-order chi connectivity index (χ1) is 13.1. The second kappa shape index (κ2) is 8.19. The first-order valence-electron chi connectivity index (χ1n) is 8.33. The Morgan fingerprint density at radius 3 is 2.50 bits per heavy atom. The molecule has 1 aliphatic rings. The molecule has 0 saturated carbocycles. The lowest BCUT2D eigenvalue weighted by atomic mass is 10.1. The van der Waals surface area contributed by atoms with E-state index in [0.717, 1.165) is 12.1 Å². The van der Waals surface area contributed by atoms with Crippen molar-refractivity contribution in [3.05, 3.63) is 63.6 Å². The molecule has 1 aliphatic heterocycles. The summed E-state index contributed by atoms with van der Waals surface area (Å²) in [5, 5.41) is 0.154. The summed E-state index contributed by atoms with van der Waals surface area (Å²) in [5.41, 5.74) is -0.777. The minimum absolute atomic E-state index is 0.127. The van der Waals surface area contributed by atoms with E-state index in [0.29, 0.717) is 10.8 Å². The average molecular weight is 434 g/mol. The molecule has 0 bridgehead atoms. The lowest BCUT2D eigenvalue weighted by Gasteiger charge is -2.22. The van der Waals surface area contributed by atoms with Gasteiger partial charge in [0.25, 0.3) is 0 Å². The van der Waals surface area contributed by atoms with E-state index in [1.54, 1.807) is 24.3 Å². The molecule has 0 spiro atoms. The molecule has 4 nitrogen and oxygen atoms in total. The van der Waals surface area contributed by atoms with Crippen molar-refractivity contribution in [3.63, 3.8) is 0 Å². The maximum absolute atomic E-state index is 13.1. The summed E-state index contributed by atoms with van der Waals surface area (Å²) in [6.07, 6.45) is -6.06. The standard InChI is InChI=1S/C19H16Cl2F3NO3/c1-11(26)25-9-15(10-27-14-5-3-13(20)4-6-14)28-18(25)12-2-7-17(21)16(8-12)19(22,23)24/h2-8,15,18H,9-10H2,1H3/t15-,18-/m1/s1. The summed E-state index contributed by atoms with van der Waals surface area (Å²) in [4.78, 5) is 13.3. The number of ether oxygens (including phenoxy) is 2. The smallest absolute Gasteiger partial charge is 0.417 e. The molecule has 0 N–H and O–H groups in total. The summed E-state index contributed by atoms with van der Waals surface area (Å²) in [5.74, 6) is 0.249. The van der Waals surface area contributed by atoms with E-state index in [9.17, 15) is 18.0 Å². The van der Waals surface area contributed by atoms with Crippen molar-refractivity contribution in [1.82, 2.24) is 4.90 Å². The number of nitrogens with zero attached hydrogens (tertiary/aromatic N) is 1. The minimum atomic E-state index is -4.61. The Bertz CT molecular complexity index is 858. The molecule has 1 heterocycles. The summed E-state index contributed by atoms with van der Waals surface area (Å²) in [6, 6.07) is 10.2. The van der Waals surface area contributed by atoms with Crippen LogP contribution in [0.4, 0.5) is 13.2 Å². The van der Waals surface area contributed by atoms with Crippen LogP contribution in [0.1, 0.15) is 24.3 Å². The summed E-state index contributed by atoms with van der Waals surface area (Å²) < 4.78 is 50.9. The molecule has 3 rings (SSSR count). The van der Waals surface area contributed by atoms with Crippen LogP contribution < -0.4 is 4.74 Å². The Balaban J connectivity index is 1.77.